The van der Waals surface area contributed by atoms with Crippen molar-refractivity contribution in [3.8, 4) is 0 Å². The summed E-state index contributed by atoms with van der Waals surface area (Å²) in [7, 11) is 2.28. The van der Waals surface area contributed by atoms with Gasteiger partial charge in [0.25, 0.3) is 0 Å². The minimum absolute atomic E-state index is 0.572. The van der Waals surface area contributed by atoms with Gasteiger partial charge in [0.1, 0.15) is 0 Å². The molecule has 0 saturated carbocycles. The first-order valence-electron chi connectivity index (χ1n) is 7.35. The van der Waals surface area contributed by atoms with Crippen molar-refractivity contribution in [2.75, 3.05) is 39.8 Å². The zero-order valence-corrected chi connectivity index (χ0v) is 11.3. The molecule has 0 aromatic heterocycles. The van der Waals surface area contributed by atoms with Crippen LogP contribution in [0.15, 0.2) is 0 Å². The van der Waals surface area contributed by atoms with Gasteiger partial charge in [-0.3, -0.25) is 0 Å². The molecule has 2 aliphatic rings. The SMILES string of the molecule is CN(CCCC1CCCO1)CC1CCNCC1. The van der Waals surface area contributed by atoms with E-state index < -0.39 is 0 Å². The van der Waals surface area contributed by atoms with Crippen LogP contribution in [0.2, 0.25) is 0 Å². The maximum atomic E-state index is 5.66. The Kier molecular flexibility index (Phi) is 5.75. The van der Waals surface area contributed by atoms with E-state index in [1.807, 2.05) is 0 Å². The molecule has 2 fully saturated rings. The molecule has 2 saturated heterocycles. The molecule has 2 heterocycles. The molecule has 0 aromatic carbocycles. The second kappa shape index (κ2) is 7.34. The Hall–Kier alpha value is -0.120. The summed E-state index contributed by atoms with van der Waals surface area (Å²) in [4.78, 5) is 2.52. The Morgan fingerprint density at radius 2 is 2.06 bits per heavy atom. The quantitative estimate of drug-likeness (QED) is 0.767. The highest BCUT2D eigenvalue weighted by atomic mass is 16.5. The Labute approximate surface area is 106 Å². The summed E-state index contributed by atoms with van der Waals surface area (Å²) in [5.41, 5.74) is 0. The molecule has 0 bridgehead atoms. The maximum Gasteiger partial charge on any atom is 0.0576 e. The van der Waals surface area contributed by atoms with E-state index in [0.717, 1.165) is 12.5 Å². The zero-order chi connectivity index (χ0) is 11.9. The van der Waals surface area contributed by atoms with Gasteiger partial charge in [-0.2, -0.15) is 0 Å². The predicted molar refractivity (Wildman–Crippen MR) is 71.3 cm³/mol. The molecule has 100 valence electrons. The van der Waals surface area contributed by atoms with Gasteiger partial charge in [0.05, 0.1) is 6.10 Å². The van der Waals surface area contributed by atoms with Crippen molar-refractivity contribution < 1.29 is 4.74 Å². The minimum atomic E-state index is 0.572. The molecule has 17 heavy (non-hydrogen) atoms. The van der Waals surface area contributed by atoms with Crippen LogP contribution in [0.4, 0.5) is 0 Å². The molecular formula is C14H28N2O. The van der Waals surface area contributed by atoms with Crippen LogP contribution in [0.1, 0.15) is 38.5 Å². The standard InChI is InChI=1S/C14H28N2O/c1-16(12-13-6-8-15-9-7-13)10-2-4-14-5-3-11-17-14/h13-15H,2-12H2,1H3. The van der Waals surface area contributed by atoms with E-state index in [4.69, 9.17) is 4.74 Å². The molecule has 3 nitrogen and oxygen atoms in total. The third-order valence-electron chi connectivity index (χ3n) is 4.12. The predicted octanol–water partition coefficient (Wildman–Crippen LogP) is 1.88. The molecule has 0 amide bonds. The third kappa shape index (κ3) is 4.94. The van der Waals surface area contributed by atoms with Crippen LogP contribution >= 0.6 is 0 Å². The number of nitrogens with one attached hydrogen (secondary N) is 1. The van der Waals surface area contributed by atoms with Crippen LogP contribution in [-0.4, -0.2) is 50.8 Å². The van der Waals surface area contributed by atoms with Crippen molar-refractivity contribution in [3.05, 3.63) is 0 Å². The van der Waals surface area contributed by atoms with Gasteiger partial charge < -0.3 is 15.0 Å². The number of ether oxygens (including phenoxy) is 1. The second-order valence-corrected chi connectivity index (χ2v) is 5.73. The zero-order valence-electron chi connectivity index (χ0n) is 11.3. The van der Waals surface area contributed by atoms with Gasteiger partial charge in [-0.1, -0.05) is 0 Å². The molecule has 0 radical (unpaired) electrons. The normalized spacial score (nSPS) is 26.8. The molecule has 2 rings (SSSR count). The lowest BCUT2D eigenvalue weighted by atomic mass is 9.97. The summed E-state index contributed by atoms with van der Waals surface area (Å²) < 4.78 is 5.66. The molecule has 3 heteroatoms. The molecule has 0 aromatic rings. The summed E-state index contributed by atoms with van der Waals surface area (Å²) in [6, 6.07) is 0. The van der Waals surface area contributed by atoms with E-state index in [9.17, 15) is 0 Å². The van der Waals surface area contributed by atoms with E-state index in [1.165, 1.54) is 64.7 Å². The first-order valence-corrected chi connectivity index (χ1v) is 7.35. The number of hydrogen-bond donors (Lipinski definition) is 1. The molecule has 0 spiro atoms. The maximum absolute atomic E-state index is 5.66. The van der Waals surface area contributed by atoms with Crippen LogP contribution < -0.4 is 5.32 Å². The fraction of sp³-hybridized carbons (Fsp3) is 1.00. The molecular weight excluding hydrogens is 212 g/mol. The molecule has 1 atom stereocenters. The van der Waals surface area contributed by atoms with Crippen molar-refractivity contribution in [2.24, 2.45) is 5.92 Å². The summed E-state index contributed by atoms with van der Waals surface area (Å²) in [5.74, 6) is 0.920. The summed E-state index contributed by atoms with van der Waals surface area (Å²) in [6.07, 6.45) is 8.41. The van der Waals surface area contributed by atoms with Crippen molar-refractivity contribution in [3.63, 3.8) is 0 Å². The van der Waals surface area contributed by atoms with Crippen LogP contribution in [0.25, 0.3) is 0 Å². The van der Waals surface area contributed by atoms with Crippen molar-refractivity contribution in [2.45, 2.75) is 44.6 Å². The molecule has 1 N–H and O–H groups in total. The van der Waals surface area contributed by atoms with Crippen molar-refractivity contribution in [1.29, 1.82) is 0 Å². The Morgan fingerprint density at radius 1 is 1.24 bits per heavy atom. The Balaban J connectivity index is 1.52. The smallest absolute Gasteiger partial charge is 0.0576 e. The Bertz CT molecular complexity index is 198. The first-order chi connectivity index (χ1) is 8.34. The van der Waals surface area contributed by atoms with Crippen LogP contribution in [0.5, 0.6) is 0 Å². The van der Waals surface area contributed by atoms with Gasteiger partial charge in [-0.15, -0.1) is 0 Å². The van der Waals surface area contributed by atoms with Crippen LogP contribution in [0.3, 0.4) is 0 Å². The molecule has 0 aliphatic carbocycles. The van der Waals surface area contributed by atoms with Crippen molar-refractivity contribution in [1.82, 2.24) is 10.2 Å². The van der Waals surface area contributed by atoms with E-state index in [2.05, 4.69) is 17.3 Å². The van der Waals surface area contributed by atoms with E-state index in [1.54, 1.807) is 0 Å². The van der Waals surface area contributed by atoms with Crippen LogP contribution in [0, 0.1) is 5.92 Å². The number of nitrogens with zero attached hydrogens (tertiary/aromatic N) is 1. The summed E-state index contributed by atoms with van der Waals surface area (Å²) in [6.45, 7) is 5.95. The second-order valence-electron chi connectivity index (χ2n) is 5.73. The molecule has 1 unspecified atom stereocenters. The average Bonchev–Trinajstić information content (AvgIpc) is 2.83. The van der Waals surface area contributed by atoms with E-state index in [-0.39, 0.29) is 0 Å². The molecule has 2 aliphatic heterocycles. The monoisotopic (exact) mass is 240 g/mol. The first kappa shape index (κ1) is 13.3. The lowest BCUT2D eigenvalue weighted by Gasteiger charge is -2.27. The van der Waals surface area contributed by atoms with Gasteiger partial charge in [-0.05, 0) is 71.1 Å². The average molecular weight is 240 g/mol. The summed E-state index contributed by atoms with van der Waals surface area (Å²) in [5, 5.41) is 3.43. The van der Waals surface area contributed by atoms with Gasteiger partial charge >= 0.3 is 0 Å². The van der Waals surface area contributed by atoms with Crippen molar-refractivity contribution >= 4 is 0 Å². The lowest BCUT2D eigenvalue weighted by molar-refractivity contribution is 0.0988. The summed E-state index contributed by atoms with van der Waals surface area (Å²) >= 11 is 0. The van der Waals surface area contributed by atoms with Gasteiger partial charge in [0, 0.05) is 13.2 Å². The topological polar surface area (TPSA) is 24.5 Å². The third-order valence-corrected chi connectivity index (χ3v) is 4.12. The highest BCUT2D eigenvalue weighted by molar-refractivity contribution is 4.72. The minimum Gasteiger partial charge on any atom is -0.378 e. The highest BCUT2D eigenvalue weighted by Gasteiger charge is 2.17. The fourth-order valence-electron chi connectivity index (χ4n) is 3.06. The van der Waals surface area contributed by atoms with Gasteiger partial charge in [0.2, 0.25) is 0 Å². The Morgan fingerprint density at radius 3 is 2.76 bits per heavy atom. The van der Waals surface area contributed by atoms with E-state index >= 15 is 0 Å². The number of piperidine rings is 1. The lowest BCUT2D eigenvalue weighted by Crippen LogP contribution is -2.35. The number of hydrogen-bond acceptors (Lipinski definition) is 3. The fourth-order valence-corrected chi connectivity index (χ4v) is 3.06. The largest absolute Gasteiger partial charge is 0.378 e. The number of rotatable bonds is 6. The van der Waals surface area contributed by atoms with Crippen LogP contribution in [-0.2, 0) is 4.74 Å². The van der Waals surface area contributed by atoms with E-state index in [0.29, 0.717) is 6.10 Å². The highest BCUT2D eigenvalue weighted by Crippen LogP contribution is 2.17. The van der Waals surface area contributed by atoms with Gasteiger partial charge in [-0.25, -0.2) is 0 Å². The van der Waals surface area contributed by atoms with Gasteiger partial charge in [0.15, 0.2) is 0 Å².